The molecule has 10 aliphatic rings. The van der Waals surface area contributed by atoms with Gasteiger partial charge in [0.15, 0.2) is 31.3 Å². The van der Waals surface area contributed by atoms with Crippen LogP contribution >= 0.6 is 0 Å². The van der Waals surface area contributed by atoms with Gasteiger partial charge in [0.25, 0.3) is 0 Å². The minimum atomic E-state index is -1.97. The Labute approximate surface area is 500 Å². The number of esters is 1. The molecule has 5 saturated heterocycles. The number of aliphatic hydroxyl groups excluding tert-OH is 15. The molecular formula is C59H98O27. The topological polar surface area (TPSA) is 433 Å². The SMILES string of the molecule is CC1OC(OC2C(CO)OC(OCC3OC(C(=O)OC45CCC(C(C)(C)O)C4C4CCC6C7(C)CCC(OC8OCC(O)C(O)C8OC8OC(C)C(O)C(O)C8O)C(C)(CO)C7CCC6(C)C4(C)CC5)C(O)C(O)C3O)C(O)C2O)C(O)C(O)C1O. The van der Waals surface area contributed by atoms with Gasteiger partial charge in [-0.2, -0.15) is 0 Å². The zero-order valence-electron chi connectivity index (χ0n) is 50.4. The molecule has 5 heterocycles. The van der Waals surface area contributed by atoms with Gasteiger partial charge < -0.3 is 129 Å². The number of ether oxygens (including phenoxy) is 10. The molecule has 27 nitrogen and oxygen atoms in total. The Morgan fingerprint density at radius 3 is 1.76 bits per heavy atom. The maximum absolute atomic E-state index is 14.8. The van der Waals surface area contributed by atoms with Crippen LogP contribution < -0.4 is 0 Å². The molecule has 10 rings (SSSR count). The van der Waals surface area contributed by atoms with Crippen LogP contribution in [0, 0.1) is 51.2 Å². The van der Waals surface area contributed by atoms with E-state index < -0.39 is 189 Å². The molecule has 10 fully saturated rings. The molecule has 5 saturated carbocycles. The van der Waals surface area contributed by atoms with Gasteiger partial charge in [0.05, 0.1) is 50.3 Å². The maximum atomic E-state index is 14.8. The van der Waals surface area contributed by atoms with Crippen molar-refractivity contribution >= 4 is 5.97 Å². The molecule has 5 aliphatic heterocycles. The highest BCUT2D eigenvalue weighted by atomic mass is 16.8. The number of hydrogen-bond donors (Lipinski definition) is 16. The van der Waals surface area contributed by atoms with E-state index >= 15 is 0 Å². The summed E-state index contributed by atoms with van der Waals surface area (Å²) in [6, 6.07) is 0. The monoisotopic (exact) mass is 1240 g/mol. The van der Waals surface area contributed by atoms with Gasteiger partial charge in [-0.1, -0.05) is 27.7 Å². The zero-order chi connectivity index (χ0) is 62.9. The quantitative estimate of drug-likeness (QED) is 0.0588. The van der Waals surface area contributed by atoms with Gasteiger partial charge in [0.1, 0.15) is 109 Å². The summed E-state index contributed by atoms with van der Waals surface area (Å²) >= 11 is 0. The summed E-state index contributed by atoms with van der Waals surface area (Å²) in [5.74, 6) is -1.73. The van der Waals surface area contributed by atoms with Gasteiger partial charge in [-0.25, -0.2) is 4.79 Å². The van der Waals surface area contributed by atoms with Gasteiger partial charge in [-0.05, 0) is 132 Å². The van der Waals surface area contributed by atoms with Crippen LogP contribution in [0.3, 0.4) is 0 Å². The molecule has 27 heteroatoms. The third-order valence-corrected chi connectivity index (χ3v) is 23.8. The third kappa shape index (κ3) is 11.2. The second-order valence-electron chi connectivity index (χ2n) is 28.7. The van der Waals surface area contributed by atoms with Crippen LogP contribution in [0.4, 0.5) is 0 Å². The van der Waals surface area contributed by atoms with Crippen molar-refractivity contribution in [3.8, 4) is 0 Å². The Bertz CT molecular complexity index is 2330. The van der Waals surface area contributed by atoms with Crippen molar-refractivity contribution in [1.82, 2.24) is 0 Å². The zero-order valence-corrected chi connectivity index (χ0v) is 50.4. The Hall–Kier alpha value is -1.53. The first kappa shape index (κ1) is 67.4. The molecule has 16 N–H and O–H groups in total. The summed E-state index contributed by atoms with van der Waals surface area (Å²) in [6.07, 6.45) is -32.7. The second kappa shape index (κ2) is 24.7. The van der Waals surface area contributed by atoms with Gasteiger partial charge in [0, 0.05) is 11.3 Å². The third-order valence-electron chi connectivity index (χ3n) is 23.8. The highest BCUT2D eigenvalue weighted by Crippen LogP contribution is 2.77. The van der Waals surface area contributed by atoms with Gasteiger partial charge >= 0.3 is 5.97 Å². The van der Waals surface area contributed by atoms with Crippen LogP contribution in [0.2, 0.25) is 0 Å². The highest BCUT2D eigenvalue weighted by Gasteiger charge is 2.73. The molecule has 496 valence electrons. The molecule has 35 unspecified atom stereocenters. The van der Waals surface area contributed by atoms with E-state index in [1.807, 2.05) is 6.92 Å². The fourth-order valence-electron chi connectivity index (χ4n) is 18.6. The average molecular weight is 1240 g/mol. The summed E-state index contributed by atoms with van der Waals surface area (Å²) in [6.45, 7) is 13.4. The summed E-state index contributed by atoms with van der Waals surface area (Å²) < 4.78 is 59.9. The minimum Gasteiger partial charge on any atom is -0.457 e. The van der Waals surface area contributed by atoms with Crippen LogP contribution in [-0.4, -0.2) is 279 Å². The lowest BCUT2D eigenvalue weighted by Crippen LogP contribution is -2.69. The molecule has 0 aromatic heterocycles. The second-order valence-corrected chi connectivity index (χ2v) is 28.7. The molecule has 0 aromatic rings. The number of carbonyl (C=O) groups is 1. The van der Waals surface area contributed by atoms with Gasteiger partial charge in [-0.15, -0.1) is 0 Å². The molecule has 0 amide bonds. The lowest BCUT2D eigenvalue weighted by molar-refractivity contribution is -0.366. The van der Waals surface area contributed by atoms with E-state index in [4.69, 9.17) is 47.4 Å². The minimum absolute atomic E-state index is 0.0754. The van der Waals surface area contributed by atoms with E-state index in [1.54, 1.807) is 13.8 Å². The molecule has 0 aromatic carbocycles. The van der Waals surface area contributed by atoms with E-state index in [1.165, 1.54) is 13.8 Å². The molecule has 0 bridgehead atoms. The smallest absolute Gasteiger partial charge is 0.338 e. The standard InChI is InChI=1S/C59H98O27/c1-23-34(63)38(67)43(72)51(79-23)84-46-28(19-60)82-50(45(74)42(46)71)78-21-29-37(66)40(69)41(70)47(81-29)49(75)86-59-16-11-25(54(3,4)76)33(59)26-9-10-31-55(5)14-13-32(56(6,22-61)30(55)12-15-58(31,8)57(26,7)17-18-59)83-53-48(36(65)27(62)20-77-53)85-52-44(73)39(68)35(64)24(2)80-52/h23-48,50-53,60-74,76H,9-22H2,1-8H3. The van der Waals surface area contributed by atoms with E-state index in [2.05, 4.69) is 20.8 Å². The molecule has 35 atom stereocenters. The summed E-state index contributed by atoms with van der Waals surface area (Å²) in [5.41, 5.74) is -4.22. The molecule has 5 aliphatic carbocycles. The number of rotatable bonds is 14. The lowest BCUT2D eigenvalue weighted by atomic mass is 9.32. The van der Waals surface area contributed by atoms with Crippen molar-refractivity contribution in [2.24, 2.45) is 51.2 Å². The van der Waals surface area contributed by atoms with Crippen LogP contribution in [0.5, 0.6) is 0 Å². The van der Waals surface area contributed by atoms with Crippen LogP contribution in [0.25, 0.3) is 0 Å². The molecule has 0 radical (unpaired) electrons. The highest BCUT2D eigenvalue weighted by molar-refractivity contribution is 5.76. The first-order chi connectivity index (χ1) is 40.2. The van der Waals surface area contributed by atoms with Crippen LogP contribution in [0.15, 0.2) is 0 Å². The first-order valence-electron chi connectivity index (χ1n) is 31.1. The Morgan fingerprint density at radius 2 is 1.15 bits per heavy atom. The normalized spacial score (nSPS) is 56.0. The van der Waals surface area contributed by atoms with Crippen molar-refractivity contribution in [2.75, 3.05) is 26.4 Å². The van der Waals surface area contributed by atoms with Crippen LogP contribution in [-0.2, 0) is 52.2 Å². The van der Waals surface area contributed by atoms with Crippen molar-refractivity contribution in [3.63, 3.8) is 0 Å². The number of fused-ring (bicyclic) bond motifs is 7. The fraction of sp³-hybridized carbons (Fsp3) is 0.983. The molecular weight excluding hydrogens is 1140 g/mol. The Morgan fingerprint density at radius 1 is 0.547 bits per heavy atom. The van der Waals surface area contributed by atoms with Crippen molar-refractivity contribution in [1.29, 1.82) is 0 Å². The fourth-order valence-corrected chi connectivity index (χ4v) is 18.6. The number of carbonyl (C=O) groups excluding carboxylic acids is 1. The number of aliphatic hydroxyl groups is 16. The summed E-state index contributed by atoms with van der Waals surface area (Å²) in [7, 11) is 0. The maximum Gasteiger partial charge on any atom is 0.338 e. The predicted octanol–water partition coefficient (Wildman–Crippen LogP) is -3.70. The van der Waals surface area contributed by atoms with E-state index in [9.17, 15) is 86.5 Å². The van der Waals surface area contributed by atoms with E-state index in [-0.39, 0.29) is 59.0 Å². The lowest BCUT2D eigenvalue weighted by Gasteiger charge is -2.73. The predicted molar refractivity (Wildman–Crippen MR) is 290 cm³/mol. The van der Waals surface area contributed by atoms with Crippen molar-refractivity contribution in [2.45, 2.75) is 284 Å². The number of hydrogen-bond acceptors (Lipinski definition) is 27. The van der Waals surface area contributed by atoms with Gasteiger partial charge in [0.2, 0.25) is 0 Å². The van der Waals surface area contributed by atoms with Crippen molar-refractivity contribution in [3.05, 3.63) is 0 Å². The Balaban J connectivity index is 0.829. The first-order valence-corrected chi connectivity index (χ1v) is 31.1. The Kier molecular flexibility index (Phi) is 19.4. The van der Waals surface area contributed by atoms with E-state index in [0.717, 1.165) is 12.8 Å². The van der Waals surface area contributed by atoms with Crippen molar-refractivity contribution < 1.29 is 134 Å². The molecule has 0 spiro atoms. The van der Waals surface area contributed by atoms with E-state index in [0.29, 0.717) is 51.4 Å². The largest absolute Gasteiger partial charge is 0.457 e. The van der Waals surface area contributed by atoms with Gasteiger partial charge in [-0.3, -0.25) is 0 Å². The molecule has 86 heavy (non-hydrogen) atoms. The summed E-state index contributed by atoms with van der Waals surface area (Å²) in [4.78, 5) is 14.8. The average Bonchev–Trinajstić information content (AvgIpc) is 1.00. The van der Waals surface area contributed by atoms with Crippen LogP contribution in [0.1, 0.15) is 120 Å². The summed E-state index contributed by atoms with van der Waals surface area (Å²) in [5, 5.41) is 175.